The summed E-state index contributed by atoms with van der Waals surface area (Å²) in [6, 6.07) is 14.9. The number of hydrogen-bond donors (Lipinski definition) is 1. The van der Waals surface area contributed by atoms with Gasteiger partial charge >= 0.3 is 5.97 Å². The number of ether oxygens (including phenoxy) is 1. The molecule has 1 aliphatic heterocycles. The summed E-state index contributed by atoms with van der Waals surface area (Å²) >= 11 is 1.25. The number of nitrogens with zero attached hydrogens (tertiary/aromatic N) is 1. The summed E-state index contributed by atoms with van der Waals surface area (Å²) in [5.41, 5.74) is 2.32. The Morgan fingerprint density at radius 1 is 1.00 bits per heavy atom. The molecule has 180 valence electrons. The van der Waals surface area contributed by atoms with Crippen LogP contribution in [0.25, 0.3) is 11.1 Å². The molecule has 3 aromatic rings. The van der Waals surface area contributed by atoms with Crippen LogP contribution in [0.2, 0.25) is 0 Å². The van der Waals surface area contributed by atoms with E-state index >= 15 is 0 Å². The quantitative estimate of drug-likeness (QED) is 0.365. The number of esters is 1. The van der Waals surface area contributed by atoms with Crippen molar-refractivity contribution < 1.29 is 23.9 Å². The molecule has 0 spiro atoms. The molecule has 0 bridgehead atoms. The molecule has 2 unspecified atom stereocenters. The van der Waals surface area contributed by atoms with Gasteiger partial charge in [0.05, 0.1) is 18.2 Å². The standard InChI is InChI=1S/C27H26N2O5S/c1-5-15(2)22(29-25(31)18-13-9-10-14-19(18)26(29)32)23(30)28-24-21(27(33)34-4)20(16(3)35-24)17-11-7-6-8-12-17/h6-15,22H,5H2,1-4H3,(H,28,30). The van der Waals surface area contributed by atoms with Gasteiger partial charge < -0.3 is 10.1 Å². The van der Waals surface area contributed by atoms with Gasteiger partial charge in [0.25, 0.3) is 11.8 Å². The zero-order valence-electron chi connectivity index (χ0n) is 20.0. The van der Waals surface area contributed by atoms with Crippen LogP contribution in [0, 0.1) is 12.8 Å². The van der Waals surface area contributed by atoms with Crippen LogP contribution in [0.1, 0.15) is 56.2 Å². The molecule has 1 aliphatic rings. The molecule has 35 heavy (non-hydrogen) atoms. The molecule has 2 heterocycles. The minimum atomic E-state index is -1.04. The summed E-state index contributed by atoms with van der Waals surface area (Å²) < 4.78 is 5.04. The lowest BCUT2D eigenvalue weighted by Crippen LogP contribution is -2.50. The number of carbonyl (C=O) groups is 4. The highest BCUT2D eigenvalue weighted by atomic mass is 32.1. The number of fused-ring (bicyclic) bond motifs is 1. The highest BCUT2D eigenvalue weighted by molar-refractivity contribution is 7.17. The van der Waals surface area contributed by atoms with Gasteiger partial charge in [0.2, 0.25) is 5.91 Å². The summed E-state index contributed by atoms with van der Waals surface area (Å²) in [4.78, 5) is 54.6. The van der Waals surface area contributed by atoms with Crippen molar-refractivity contribution in [3.05, 3.63) is 76.2 Å². The van der Waals surface area contributed by atoms with E-state index in [1.165, 1.54) is 18.4 Å². The van der Waals surface area contributed by atoms with Crippen molar-refractivity contribution in [1.29, 1.82) is 0 Å². The topological polar surface area (TPSA) is 92.8 Å². The minimum absolute atomic E-state index is 0.250. The van der Waals surface area contributed by atoms with Crippen LogP contribution >= 0.6 is 11.3 Å². The van der Waals surface area contributed by atoms with E-state index in [9.17, 15) is 19.2 Å². The second-order valence-electron chi connectivity index (χ2n) is 8.44. The summed E-state index contributed by atoms with van der Waals surface area (Å²) in [7, 11) is 1.29. The molecule has 7 nitrogen and oxygen atoms in total. The lowest BCUT2D eigenvalue weighted by atomic mass is 9.96. The second kappa shape index (κ2) is 9.84. The number of thiophene rings is 1. The predicted octanol–water partition coefficient (Wildman–Crippen LogP) is 5.16. The van der Waals surface area contributed by atoms with E-state index in [1.807, 2.05) is 51.1 Å². The highest BCUT2D eigenvalue weighted by Gasteiger charge is 2.44. The first-order valence-electron chi connectivity index (χ1n) is 11.3. The molecule has 0 saturated carbocycles. The van der Waals surface area contributed by atoms with Crippen molar-refractivity contribution in [2.45, 2.75) is 33.2 Å². The Hall–Kier alpha value is -3.78. The summed E-state index contributed by atoms with van der Waals surface area (Å²) in [6.45, 7) is 5.58. The molecule has 0 radical (unpaired) electrons. The monoisotopic (exact) mass is 490 g/mol. The third-order valence-corrected chi connectivity index (χ3v) is 7.35. The normalized spacial score (nSPS) is 14.5. The molecule has 8 heteroatoms. The Morgan fingerprint density at radius 2 is 1.57 bits per heavy atom. The van der Waals surface area contributed by atoms with Crippen LogP contribution in [0.15, 0.2) is 54.6 Å². The van der Waals surface area contributed by atoms with Gasteiger partial charge in [-0.2, -0.15) is 0 Å². The van der Waals surface area contributed by atoms with Crippen LogP contribution in [0.3, 0.4) is 0 Å². The maximum atomic E-state index is 13.7. The Labute approximate surface area is 207 Å². The van der Waals surface area contributed by atoms with E-state index in [4.69, 9.17) is 4.74 Å². The van der Waals surface area contributed by atoms with Gasteiger partial charge in [0, 0.05) is 10.4 Å². The van der Waals surface area contributed by atoms with Gasteiger partial charge in [-0.3, -0.25) is 19.3 Å². The van der Waals surface area contributed by atoms with Crippen molar-refractivity contribution in [2.75, 3.05) is 12.4 Å². The molecule has 1 N–H and O–H groups in total. The van der Waals surface area contributed by atoms with Crippen molar-refractivity contribution >= 4 is 40.0 Å². The first-order valence-corrected chi connectivity index (χ1v) is 12.2. The van der Waals surface area contributed by atoms with Crippen molar-refractivity contribution in [1.82, 2.24) is 4.90 Å². The van der Waals surface area contributed by atoms with E-state index < -0.39 is 29.7 Å². The fourth-order valence-corrected chi connectivity index (χ4v) is 5.45. The highest BCUT2D eigenvalue weighted by Crippen LogP contribution is 2.41. The molecule has 2 atom stereocenters. The zero-order chi connectivity index (χ0) is 25.3. The number of benzene rings is 2. The van der Waals surface area contributed by atoms with Crippen molar-refractivity contribution in [3.63, 3.8) is 0 Å². The summed E-state index contributed by atoms with van der Waals surface area (Å²) in [5, 5.41) is 3.17. The van der Waals surface area contributed by atoms with Gasteiger partial charge in [0.1, 0.15) is 16.6 Å². The predicted molar refractivity (Wildman–Crippen MR) is 135 cm³/mol. The molecule has 4 rings (SSSR count). The molecule has 2 aromatic carbocycles. The Kier molecular flexibility index (Phi) is 6.84. The second-order valence-corrected chi connectivity index (χ2v) is 9.67. The fourth-order valence-electron chi connectivity index (χ4n) is 4.38. The molecule has 0 fully saturated rings. The third-order valence-electron chi connectivity index (χ3n) is 6.33. The number of hydrogen-bond acceptors (Lipinski definition) is 6. The van der Waals surface area contributed by atoms with Gasteiger partial charge in [-0.15, -0.1) is 11.3 Å². The number of methoxy groups -OCH3 is 1. The van der Waals surface area contributed by atoms with E-state index in [1.54, 1.807) is 24.3 Å². The Bertz CT molecular complexity index is 1280. The van der Waals surface area contributed by atoms with E-state index in [2.05, 4.69) is 5.32 Å². The molecule has 0 saturated heterocycles. The SMILES string of the molecule is CCC(C)C(C(=O)Nc1sc(C)c(-c2ccccc2)c1C(=O)OC)N1C(=O)c2ccccc2C1=O. The van der Waals surface area contributed by atoms with Crippen LogP contribution in [0.4, 0.5) is 5.00 Å². The largest absolute Gasteiger partial charge is 0.465 e. The summed E-state index contributed by atoms with van der Waals surface area (Å²) in [5.74, 6) is -2.41. The smallest absolute Gasteiger partial charge is 0.341 e. The Balaban J connectivity index is 1.74. The van der Waals surface area contributed by atoms with Gasteiger partial charge in [-0.05, 0) is 30.5 Å². The molecule has 1 aromatic heterocycles. The van der Waals surface area contributed by atoms with E-state index in [0.717, 1.165) is 15.3 Å². The summed E-state index contributed by atoms with van der Waals surface area (Å²) in [6.07, 6.45) is 0.564. The first kappa shape index (κ1) is 24.3. The average Bonchev–Trinajstić information content (AvgIpc) is 3.32. The minimum Gasteiger partial charge on any atom is -0.465 e. The molecular weight excluding hydrogens is 464 g/mol. The maximum Gasteiger partial charge on any atom is 0.341 e. The van der Waals surface area contributed by atoms with Gasteiger partial charge in [-0.25, -0.2) is 4.79 Å². The lowest BCUT2D eigenvalue weighted by molar-refractivity contribution is -0.121. The third kappa shape index (κ3) is 4.25. The number of anilines is 1. The number of imide groups is 1. The lowest BCUT2D eigenvalue weighted by Gasteiger charge is -2.29. The number of rotatable bonds is 7. The van der Waals surface area contributed by atoms with Crippen molar-refractivity contribution in [3.8, 4) is 11.1 Å². The average molecular weight is 491 g/mol. The van der Waals surface area contributed by atoms with Gasteiger partial charge in [0.15, 0.2) is 0 Å². The zero-order valence-corrected chi connectivity index (χ0v) is 20.8. The van der Waals surface area contributed by atoms with Crippen LogP contribution in [-0.4, -0.2) is 41.7 Å². The number of amides is 3. The Morgan fingerprint density at radius 3 is 2.11 bits per heavy atom. The first-order chi connectivity index (χ1) is 16.8. The molecule has 3 amide bonds. The van der Waals surface area contributed by atoms with Crippen LogP contribution in [-0.2, 0) is 9.53 Å². The molecule has 0 aliphatic carbocycles. The maximum absolute atomic E-state index is 13.7. The number of nitrogens with one attached hydrogen (secondary N) is 1. The van der Waals surface area contributed by atoms with E-state index in [0.29, 0.717) is 17.0 Å². The van der Waals surface area contributed by atoms with E-state index in [-0.39, 0.29) is 22.6 Å². The van der Waals surface area contributed by atoms with Crippen molar-refractivity contribution in [2.24, 2.45) is 5.92 Å². The van der Waals surface area contributed by atoms with Gasteiger partial charge in [-0.1, -0.05) is 62.7 Å². The number of aryl methyl sites for hydroxylation is 1. The van der Waals surface area contributed by atoms with Crippen LogP contribution < -0.4 is 5.32 Å². The fraction of sp³-hybridized carbons (Fsp3) is 0.259. The van der Waals surface area contributed by atoms with Crippen LogP contribution in [0.5, 0.6) is 0 Å². The molecular formula is C27H26N2O5S. The number of carbonyl (C=O) groups excluding carboxylic acids is 4.